The highest BCUT2D eigenvalue weighted by Gasteiger charge is 2.26. The molecule has 0 aliphatic heterocycles. The van der Waals surface area contributed by atoms with Crippen molar-refractivity contribution in [2.75, 3.05) is 6.61 Å². The molecule has 0 heterocycles. The molecule has 0 aromatic rings. The molecule has 0 saturated heterocycles. The Kier molecular flexibility index (Phi) is 2.28. The Bertz CT molecular complexity index is 149. The highest BCUT2D eigenvalue weighted by molar-refractivity contribution is 5.08. The molecule has 0 spiro atoms. The lowest BCUT2D eigenvalue weighted by Crippen LogP contribution is -2.18. The molecule has 1 N–H and O–H groups in total. The fourth-order valence-electron chi connectivity index (χ4n) is 1.44. The summed E-state index contributed by atoms with van der Waals surface area (Å²) in [6.07, 6.45) is 9.23. The Hall–Kier alpha value is -0.560. The second-order valence-corrected chi connectivity index (χ2v) is 2.95. The van der Waals surface area contributed by atoms with Gasteiger partial charge in [0.25, 0.3) is 0 Å². The van der Waals surface area contributed by atoms with Crippen LogP contribution >= 0.6 is 0 Å². The van der Waals surface area contributed by atoms with E-state index in [1.54, 1.807) is 0 Å². The predicted octanol–water partition coefficient (Wildman–Crippen LogP) is 1.89. The van der Waals surface area contributed by atoms with Crippen molar-refractivity contribution in [2.24, 2.45) is 5.41 Å². The maximum Gasteiger partial charge on any atom is 0.0525 e. The van der Waals surface area contributed by atoms with Gasteiger partial charge in [0, 0.05) is 5.41 Å². The van der Waals surface area contributed by atoms with Crippen LogP contribution in [-0.4, -0.2) is 11.7 Å². The lowest BCUT2D eigenvalue weighted by molar-refractivity contribution is 0.169. The highest BCUT2D eigenvalue weighted by Crippen LogP contribution is 2.34. The molecule has 0 amide bonds. The van der Waals surface area contributed by atoms with Crippen LogP contribution in [0.25, 0.3) is 0 Å². The number of hydrogen-bond acceptors (Lipinski definition) is 1. The third-order valence-electron chi connectivity index (χ3n) is 2.15. The molecule has 10 heavy (non-hydrogen) atoms. The summed E-state index contributed by atoms with van der Waals surface area (Å²) in [7, 11) is 0. The van der Waals surface area contributed by atoms with Crippen molar-refractivity contribution in [1.29, 1.82) is 0 Å². The summed E-state index contributed by atoms with van der Waals surface area (Å²) in [6, 6.07) is 0. The lowest BCUT2D eigenvalue weighted by Gasteiger charge is -2.22. The van der Waals surface area contributed by atoms with E-state index in [2.05, 4.69) is 18.7 Å². The Morgan fingerprint density at radius 1 is 1.70 bits per heavy atom. The average molecular weight is 138 g/mol. The number of aliphatic hydroxyl groups excluding tert-OH is 1. The van der Waals surface area contributed by atoms with E-state index in [1.807, 2.05) is 6.08 Å². The van der Waals surface area contributed by atoms with Gasteiger partial charge in [-0.25, -0.2) is 0 Å². The minimum atomic E-state index is 0.0434. The summed E-state index contributed by atoms with van der Waals surface area (Å²) in [5, 5.41) is 9.05. The van der Waals surface area contributed by atoms with Crippen molar-refractivity contribution in [3.05, 3.63) is 24.8 Å². The standard InChI is InChI=1S/C9H14O/c1-2-5-9(8-10)6-3-4-7-9/h2-3,6,10H,1,4-5,7-8H2. The van der Waals surface area contributed by atoms with Gasteiger partial charge in [-0.2, -0.15) is 0 Å². The van der Waals surface area contributed by atoms with E-state index in [9.17, 15) is 0 Å². The summed E-state index contributed by atoms with van der Waals surface area (Å²) in [5.41, 5.74) is 0.0434. The SMILES string of the molecule is C=CCC1(CO)C=CCC1. The van der Waals surface area contributed by atoms with Crippen molar-refractivity contribution >= 4 is 0 Å². The van der Waals surface area contributed by atoms with Crippen LogP contribution in [0, 0.1) is 5.41 Å². The molecular formula is C9H14O. The minimum Gasteiger partial charge on any atom is -0.395 e. The van der Waals surface area contributed by atoms with Gasteiger partial charge in [-0.15, -0.1) is 6.58 Å². The zero-order chi connectivity index (χ0) is 7.45. The first-order valence-electron chi connectivity index (χ1n) is 3.72. The third-order valence-corrected chi connectivity index (χ3v) is 2.15. The zero-order valence-electron chi connectivity index (χ0n) is 6.21. The molecular weight excluding hydrogens is 124 g/mol. The monoisotopic (exact) mass is 138 g/mol. The van der Waals surface area contributed by atoms with Gasteiger partial charge in [-0.05, 0) is 19.3 Å². The normalized spacial score (nSPS) is 30.9. The first-order chi connectivity index (χ1) is 4.83. The molecule has 1 heteroatoms. The summed E-state index contributed by atoms with van der Waals surface area (Å²) in [5.74, 6) is 0. The minimum absolute atomic E-state index is 0.0434. The molecule has 0 radical (unpaired) electrons. The number of allylic oxidation sites excluding steroid dienone is 2. The van der Waals surface area contributed by atoms with Crippen molar-refractivity contribution in [3.63, 3.8) is 0 Å². The summed E-state index contributed by atoms with van der Waals surface area (Å²) < 4.78 is 0. The highest BCUT2D eigenvalue weighted by atomic mass is 16.3. The van der Waals surface area contributed by atoms with Crippen molar-refractivity contribution in [3.8, 4) is 0 Å². The molecule has 1 atom stereocenters. The molecule has 1 rings (SSSR count). The molecule has 1 nitrogen and oxygen atoms in total. The van der Waals surface area contributed by atoms with Crippen LogP contribution in [0.1, 0.15) is 19.3 Å². The van der Waals surface area contributed by atoms with Crippen LogP contribution in [-0.2, 0) is 0 Å². The van der Waals surface area contributed by atoms with Gasteiger partial charge in [0.15, 0.2) is 0 Å². The average Bonchev–Trinajstić information content (AvgIpc) is 2.39. The zero-order valence-corrected chi connectivity index (χ0v) is 6.21. The summed E-state index contributed by atoms with van der Waals surface area (Å²) >= 11 is 0. The molecule has 0 bridgehead atoms. The molecule has 56 valence electrons. The smallest absolute Gasteiger partial charge is 0.0525 e. The van der Waals surface area contributed by atoms with Crippen molar-refractivity contribution < 1.29 is 5.11 Å². The van der Waals surface area contributed by atoms with E-state index >= 15 is 0 Å². The van der Waals surface area contributed by atoms with E-state index in [1.165, 1.54) is 0 Å². The molecule has 1 unspecified atom stereocenters. The van der Waals surface area contributed by atoms with Gasteiger partial charge in [-0.3, -0.25) is 0 Å². The van der Waals surface area contributed by atoms with Gasteiger partial charge >= 0.3 is 0 Å². The van der Waals surface area contributed by atoms with Crippen LogP contribution in [0.15, 0.2) is 24.8 Å². The van der Waals surface area contributed by atoms with Gasteiger partial charge in [0.05, 0.1) is 6.61 Å². The van der Waals surface area contributed by atoms with Gasteiger partial charge in [-0.1, -0.05) is 18.2 Å². The maximum absolute atomic E-state index is 9.05. The number of aliphatic hydroxyl groups is 1. The molecule has 0 aromatic heterocycles. The Labute approximate surface area is 62.1 Å². The summed E-state index contributed by atoms with van der Waals surface area (Å²) in [6.45, 7) is 3.93. The van der Waals surface area contributed by atoms with E-state index < -0.39 is 0 Å². The Balaban J connectivity index is 2.58. The molecule has 0 aromatic carbocycles. The molecule has 0 saturated carbocycles. The topological polar surface area (TPSA) is 20.2 Å². The van der Waals surface area contributed by atoms with Crippen LogP contribution in [0.5, 0.6) is 0 Å². The van der Waals surface area contributed by atoms with Crippen molar-refractivity contribution in [1.82, 2.24) is 0 Å². The van der Waals surface area contributed by atoms with Crippen molar-refractivity contribution in [2.45, 2.75) is 19.3 Å². The predicted molar refractivity (Wildman–Crippen MR) is 42.7 cm³/mol. The Morgan fingerprint density at radius 3 is 2.90 bits per heavy atom. The second kappa shape index (κ2) is 3.02. The van der Waals surface area contributed by atoms with E-state index in [-0.39, 0.29) is 12.0 Å². The van der Waals surface area contributed by atoms with Crippen LogP contribution in [0.2, 0.25) is 0 Å². The largest absolute Gasteiger partial charge is 0.395 e. The third kappa shape index (κ3) is 1.29. The second-order valence-electron chi connectivity index (χ2n) is 2.95. The van der Waals surface area contributed by atoms with Crippen LogP contribution in [0.4, 0.5) is 0 Å². The number of rotatable bonds is 3. The number of hydrogen-bond donors (Lipinski definition) is 1. The fourth-order valence-corrected chi connectivity index (χ4v) is 1.44. The van der Waals surface area contributed by atoms with Crippen LogP contribution < -0.4 is 0 Å². The molecule has 0 fully saturated rings. The van der Waals surface area contributed by atoms with E-state index in [4.69, 9.17) is 5.11 Å². The van der Waals surface area contributed by atoms with Gasteiger partial charge in [0.1, 0.15) is 0 Å². The van der Waals surface area contributed by atoms with Crippen LogP contribution in [0.3, 0.4) is 0 Å². The quantitative estimate of drug-likeness (QED) is 0.590. The lowest BCUT2D eigenvalue weighted by atomic mass is 9.85. The molecule has 1 aliphatic rings. The van der Waals surface area contributed by atoms with E-state index in [0.29, 0.717) is 0 Å². The van der Waals surface area contributed by atoms with Gasteiger partial charge < -0.3 is 5.11 Å². The first-order valence-corrected chi connectivity index (χ1v) is 3.72. The fraction of sp³-hybridized carbons (Fsp3) is 0.556. The van der Waals surface area contributed by atoms with Gasteiger partial charge in [0.2, 0.25) is 0 Å². The Morgan fingerprint density at radius 2 is 2.50 bits per heavy atom. The van der Waals surface area contributed by atoms with E-state index in [0.717, 1.165) is 19.3 Å². The summed E-state index contributed by atoms with van der Waals surface area (Å²) in [4.78, 5) is 0. The molecule has 1 aliphatic carbocycles. The maximum atomic E-state index is 9.05. The first kappa shape index (κ1) is 7.55.